The predicted molar refractivity (Wildman–Crippen MR) is 148 cm³/mol. The number of allylic oxidation sites excluding steroid dienone is 2. The molecule has 38 heavy (non-hydrogen) atoms. The molecule has 192 valence electrons. The first-order valence-corrected chi connectivity index (χ1v) is 12.8. The number of ketones is 1. The molecule has 0 bridgehead atoms. The second kappa shape index (κ2) is 9.56. The van der Waals surface area contributed by atoms with E-state index < -0.39 is 5.97 Å². The van der Waals surface area contributed by atoms with Crippen LogP contribution in [0.1, 0.15) is 69.4 Å². The normalized spacial score (nSPS) is 20.1. The molecule has 0 radical (unpaired) electrons. The van der Waals surface area contributed by atoms with Crippen molar-refractivity contribution in [2.45, 2.75) is 27.2 Å². The molecule has 1 atom stereocenters. The molecule has 0 unspecified atom stereocenters. The Morgan fingerprint density at radius 3 is 1.95 bits per heavy atom. The lowest BCUT2D eigenvalue weighted by Gasteiger charge is -2.50. The molecule has 1 amide bonds. The van der Waals surface area contributed by atoms with E-state index in [1.807, 2.05) is 35.2 Å². The van der Waals surface area contributed by atoms with Crippen molar-refractivity contribution >= 4 is 23.2 Å². The van der Waals surface area contributed by atoms with Gasteiger partial charge in [-0.25, -0.2) is 4.79 Å². The largest absolute Gasteiger partial charge is 0.478 e. The zero-order valence-corrected chi connectivity index (χ0v) is 21.9. The van der Waals surface area contributed by atoms with Crippen LogP contribution in [-0.4, -0.2) is 40.8 Å². The molecule has 2 aliphatic rings. The summed E-state index contributed by atoms with van der Waals surface area (Å²) in [6, 6.07) is 23.1. The van der Waals surface area contributed by atoms with Gasteiger partial charge >= 0.3 is 5.97 Å². The molecule has 3 aromatic carbocycles. The van der Waals surface area contributed by atoms with Crippen molar-refractivity contribution in [1.29, 1.82) is 0 Å². The summed E-state index contributed by atoms with van der Waals surface area (Å²) in [7, 11) is 0. The number of hydrogen-bond acceptors (Lipinski definition) is 3. The van der Waals surface area contributed by atoms with Crippen molar-refractivity contribution in [3.63, 3.8) is 0 Å². The van der Waals surface area contributed by atoms with Crippen molar-refractivity contribution in [3.05, 3.63) is 124 Å². The third-order valence-electron chi connectivity index (χ3n) is 7.97. The number of benzene rings is 3. The fourth-order valence-electron chi connectivity index (χ4n) is 6.06. The molecule has 1 N–H and O–H groups in total. The van der Waals surface area contributed by atoms with Gasteiger partial charge in [0.25, 0.3) is 5.91 Å². The van der Waals surface area contributed by atoms with Gasteiger partial charge < -0.3 is 10.0 Å². The SMILES string of the molecule is CC1(C)C(c2ccc(C(=O)O)cc2)=CC[C@]2(C)CN(C(=O)c3ccc(C(=O)c4ccccc4)cc3)CC=C12. The molecule has 0 spiro atoms. The summed E-state index contributed by atoms with van der Waals surface area (Å²) in [6.45, 7) is 7.74. The summed E-state index contributed by atoms with van der Waals surface area (Å²) in [4.78, 5) is 39.3. The van der Waals surface area contributed by atoms with Gasteiger partial charge in [-0.05, 0) is 41.8 Å². The van der Waals surface area contributed by atoms with Crippen molar-refractivity contribution < 1.29 is 19.5 Å². The van der Waals surface area contributed by atoms with Crippen molar-refractivity contribution in [3.8, 4) is 0 Å². The molecule has 0 saturated heterocycles. The minimum absolute atomic E-state index is 0.0444. The third kappa shape index (κ3) is 4.49. The van der Waals surface area contributed by atoms with E-state index in [1.54, 1.807) is 48.5 Å². The minimum Gasteiger partial charge on any atom is -0.478 e. The summed E-state index contributed by atoms with van der Waals surface area (Å²) < 4.78 is 0. The van der Waals surface area contributed by atoms with Gasteiger partial charge in [0.2, 0.25) is 0 Å². The molecular formula is C33H31NO4. The molecule has 5 nitrogen and oxygen atoms in total. The summed E-state index contributed by atoms with van der Waals surface area (Å²) in [5.74, 6) is -1.04. The molecule has 1 heterocycles. The van der Waals surface area contributed by atoms with E-state index in [1.165, 1.54) is 11.1 Å². The van der Waals surface area contributed by atoms with E-state index in [9.17, 15) is 19.5 Å². The van der Waals surface area contributed by atoms with Gasteiger partial charge in [-0.1, -0.05) is 93.1 Å². The van der Waals surface area contributed by atoms with E-state index in [2.05, 4.69) is 32.9 Å². The Hall–Kier alpha value is -4.25. The third-order valence-corrected chi connectivity index (χ3v) is 7.97. The van der Waals surface area contributed by atoms with Crippen LogP contribution in [0.5, 0.6) is 0 Å². The average molecular weight is 506 g/mol. The molecule has 5 rings (SSSR count). The number of nitrogens with zero attached hydrogens (tertiary/aromatic N) is 1. The maximum Gasteiger partial charge on any atom is 0.335 e. The average Bonchev–Trinajstić information content (AvgIpc) is 2.92. The highest BCUT2D eigenvalue weighted by atomic mass is 16.4. The van der Waals surface area contributed by atoms with Crippen LogP contribution in [0.4, 0.5) is 0 Å². The van der Waals surface area contributed by atoms with Crippen LogP contribution in [0.3, 0.4) is 0 Å². The number of carbonyl (C=O) groups is 3. The van der Waals surface area contributed by atoms with Gasteiger partial charge in [0.05, 0.1) is 5.56 Å². The first-order chi connectivity index (χ1) is 18.1. The highest BCUT2D eigenvalue weighted by Crippen LogP contribution is 2.55. The zero-order chi connectivity index (χ0) is 27.1. The van der Waals surface area contributed by atoms with E-state index in [-0.39, 0.29) is 28.1 Å². The number of carboxylic acid groups (broad SMARTS) is 1. The van der Waals surface area contributed by atoms with Crippen LogP contribution in [0.25, 0.3) is 5.57 Å². The van der Waals surface area contributed by atoms with Crippen LogP contribution in [0.15, 0.2) is 96.6 Å². The van der Waals surface area contributed by atoms with E-state index >= 15 is 0 Å². The molecule has 0 fully saturated rings. The number of aromatic carboxylic acids is 1. The van der Waals surface area contributed by atoms with Crippen molar-refractivity contribution in [1.82, 2.24) is 4.90 Å². The van der Waals surface area contributed by atoms with Gasteiger partial charge in [0, 0.05) is 40.6 Å². The Morgan fingerprint density at radius 1 is 0.737 bits per heavy atom. The standard InChI is InChI=1S/C33H31NO4/c1-32(2)27(22-9-15-26(16-10-22)31(37)38)17-19-33(3)21-34(20-18-28(32)33)30(36)25-13-11-24(12-14-25)29(35)23-7-5-4-6-8-23/h4-18H,19-21H2,1-3H3,(H,37,38)/t33-/m1/s1. The van der Waals surface area contributed by atoms with Crippen LogP contribution in [0, 0.1) is 10.8 Å². The Balaban J connectivity index is 1.34. The molecule has 0 aromatic heterocycles. The number of carboxylic acids is 1. The van der Waals surface area contributed by atoms with Crippen molar-refractivity contribution in [2.75, 3.05) is 13.1 Å². The lowest BCUT2D eigenvalue weighted by molar-refractivity contribution is 0.0678. The highest BCUT2D eigenvalue weighted by molar-refractivity contribution is 6.09. The number of carbonyl (C=O) groups excluding carboxylic acids is 2. The maximum absolute atomic E-state index is 13.5. The summed E-state index contributed by atoms with van der Waals surface area (Å²) in [5, 5.41) is 9.24. The Bertz CT molecular complexity index is 1460. The van der Waals surface area contributed by atoms with E-state index in [0.717, 1.165) is 12.0 Å². The predicted octanol–water partition coefficient (Wildman–Crippen LogP) is 6.52. The summed E-state index contributed by atoms with van der Waals surface area (Å²) in [6.07, 6.45) is 5.21. The number of hydrogen-bond donors (Lipinski definition) is 1. The van der Waals surface area contributed by atoms with Crippen LogP contribution in [0.2, 0.25) is 0 Å². The van der Waals surface area contributed by atoms with Crippen molar-refractivity contribution in [2.24, 2.45) is 10.8 Å². The molecule has 0 saturated carbocycles. The van der Waals surface area contributed by atoms with Crippen LogP contribution < -0.4 is 0 Å². The topological polar surface area (TPSA) is 74.7 Å². The Morgan fingerprint density at radius 2 is 1.32 bits per heavy atom. The number of rotatable bonds is 5. The fraction of sp³-hybridized carbons (Fsp3) is 0.242. The molecular weight excluding hydrogens is 474 g/mol. The van der Waals surface area contributed by atoms with Gasteiger partial charge in [0.1, 0.15) is 0 Å². The molecule has 3 aromatic rings. The zero-order valence-electron chi connectivity index (χ0n) is 21.9. The van der Waals surface area contributed by atoms with Gasteiger partial charge in [-0.15, -0.1) is 0 Å². The summed E-state index contributed by atoms with van der Waals surface area (Å²) >= 11 is 0. The lowest BCUT2D eigenvalue weighted by Crippen LogP contribution is -2.48. The van der Waals surface area contributed by atoms with Gasteiger partial charge in [0.15, 0.2) is 5.78 Å². The second-order valence-corrected chi connectivity index (χ2v) is 11.0. The quantitative estimate of drug-likeness (QED) is 0.317. The van der Waals surface area contributed by atoms with Crippen LogP contribution in [-0.2, 0) is 0 Å². The summed E-state index contributed by atoms with van der Waals surface area (Å²) in [5.41, 5.74) is 5.07. The lowest BCUT2D eigenvalue weighted by atomic mass is 9.58. The minimum atomic E-state index is -0.932. The maximum atomic E-state index is 13.5. The number of amides is 1. The Kier molecular flexibility index (Phi) is 6.39. The van der Waals surface area contributed by atoms with Gasteiger partial charge in [-0.3, -0.25) is 9.59 Å². The van der Waals surface area contributed by atoms with E-state index in [0.29, 0.717) is 29.8 Å². The van der Waals surface area contributed by atoms with Gasteiger partial charge in [-0.2, -0.15) is 0 Å². The van der Waals surface area contributed by atoms with Crippen LogP contribution >= 0.6 is 0 Å². The number of fused-ring (bicyclic) bond motifs is 1. The van der Waals surface area contributed by atoms with E-state index in [4.69, 9.17) is 0 Å². The monoisotopic (exact) mass is 505 g/mol. The molecule has 1 aliphatic heterocycles. The molecule has 1 aliphatic carbocycles. The first kappa shape index (κ1) is 25.4. The smallest absolute Gasteiger partial charge is 0.335 e. The first-order valence-electron chi connectivity index (χ1n) is 12.8. The molecule has 5 heteroatoms. The highest BCUT2D eigenvalue weighted by Gasteiger charge is 2.46. The Labute approximate surface area is 223 Å². The second-order valence-electron chi connectivity index (χ2n) is 11.0. The fourth-order valence-corrected chi connectivity index (χ4v) is 6.06.